The van der Waals surface area contributed by atoms with E-state index in [9.17, 15) is 9.59 Å². The molecular formula is C12H22N2O4. The summed E-state index contributed by atoms with van der Waals surface area (Å²) < 4.78 is 10.2. The first kappa shape index (κ1) is 14.9. The highest BCUT2D eigenvalue weighted by atomic mass is 16.5. The zero-order valence-electron chi connectivity index (χ0n) is 11.3. The van der Waals surface area contributed by atoms with Gasteiger partial charge in [0.15, 0.2) is 0 Å². The van der Waals surface area contributed by atoms with Gasteiger partial charge in [0.25, 0.3) is 0 Å². The lowest BCUT2D eigenvalue weighted by Crippen LogP contribution is -2.60. The van der Waals surface area contributed by atoms with E-state index in [-0.39, 0.29) is 24.3 Å². The Labute approximate surface area is 108 Å². The summed E-state index contributed by atoms with van der Waals surface area (Å²) in [5.74, 6) is -0.0432. The van der Waals surface area contributed by atoms with Crippen molar-refractivity contribution >= 4 is 11.8 Å². The highest BCUT2D eigenvalue weighted by Gasteiger charge is 2.35. The van der Waals surface area contributed by atoms with Crippen LogP contribution >= 0.6 is 0 Å². The lowest BCUT2D eigenvalue weighted by molar-refractivity contribution is -0.148. The Morgan fingerprint density at radius 2 is 2.06 bits per heavy atom. The number of piperazine rings is 1. The van der Waals surface area contributed by atoms with E-state index in [0.29, 0.717) is 26.4 Å². The smallest absolute Gasteiger partial charge is 0.243 e. The number of amides is 2. The molecule has 1 unspecified atom stereocenters. The predicted octanol–water partition coefficient (Wildman–Crippen LogP) is -0.368. The van der Waals surface area contributed by atoms with E-state index in [1.54, 1.807) is 12.0 Å². The van der Waals surface area contributed by atoms with Crippen LogP contribution in [-0.2, 0) is 19.1 Å². The zero-order chi connectivity index (χ0) is 13.5. The van der Waals surface area contributed by atoms with Crippen LogP contribution in [0, 0.1) is 5.92 Å². The number of hydrogen-bond donors (Lipinski definition) is 1. The molecule has 1 rings (SSSR count). The summed E-state index contributed by atoms with van der Waals surface area (Å²) in [6.07, 6.45) is 0. The minimum Gasteiger partial charge on any atom is -0.382 e. The van der Waals surface area contributed by atoms with Crippen LogP contribution < -0.4 is 5.32 Å². The van der Waals surface area contributed by atoms with Gasteiger partial charge in [-0.25, -0.2) is 0 Å². The Hall–Kier alpha value is -1.14. The van der Waals surface area contributed by atoms with E-state index < -0.39 is 6.04 Å². The molecule has 0 radical (unpaired) electrons. The Morgan fingerprint density at radius 3 is 2.67 bits per heavy atom. The first-order chi connectivity index (χ1) is 8.57. The quantitative estimate of drug-likeness (QED) is 0.633. The minimum absolute atomic E-state index is 0.0522. The van der Waals surface area contributed by atoms with Gasteiger partial charge in [-0.1, -0.05) is 13.8 Å². The molecule has 0 aromatic rings. The van der Waals surface area contributed by atoms with Crippen LogP contribution in [0.4, 0.5) is 0 Å². The van der Waals surface area contributed by atoms with Crippen molar-refractivity contribution in [2.24, 2.45) is 5.92 Å². The van der Waals surface area contributed by atoms with Crippen LogP contribution in [0.2, 0.25) is 0 Å². The van der Waals surface area contributed by atoms with E-state index in [1.165, 1.54) is 0 Å². The average molecular weight is 258 g/mol. The van der Waals surface area contributed by atoms with E-state index in [2.05, 4.69) is 5.32 Å². The zero-order valence-corrected chi connectivity index (χ0v) is 11.3. The van der Waals surface area contributed by atoms with Gasteiger partial charge >= 0.3 is 0 Å². The fraction of sp³-hybridized carbons (Fsp3) is 0.833. The van der Waals surface area contributed by atoms with Gasteiger partial charge in [-0.2, -0.15) is 0 Å². The number of nitrogens with one attached hydrogen (secondary N) is 1. The Balaban J connectivity index is 2.47. The van der Waals surface area contributed by atoms with Gasteiger partial charge in [0.05, 0.1) is 26.4 Å². The molecule has 0 bridgehead atoms. The summed E-state index contributed by atoms with van der Waals surface area (Å²) in [5.41, 5.74) is 0. The fourth-order valence-electron chi connectivity index (χ4n) is 2.00. The molecule has 1 atom stereocenters. The summed E-state index contributed by atoms with van der Waals surface area (Å²) in [6, 6.07) is -0.391. The molecule has 18 heavy (non-hydrogen) atoms. The van der Waals surface area contributed by atoms with Gasteiger partial charge in [-0.3, -0.25) is 9.59 Å². The summed E-state index contributed by atoms with van der Waals surface area (Å²) in [7, 11) is 1.61. The SMILES string of the molecule is COCCOCCN1C(=O)CNC(=O)C1C(C)C. The number of nitrogens with zero attached hydrogens (tertiary/aromatic N) is 1. The van der Waals surface area contributed by atoms with Crippen molar-refractivity contribution in [3.8, 4) is 0 Å². The molecule has 0 spiro atoms. The Kier molecular flexibility index (Phi) is 6.07. The number of ether oxygens (including phenoxy) is 2. The largest absolute Gasteiger partial charge is 0.382 e. The van der Waals surface area contributed by atoms with Crippen molar-refractivity contribution in [3.05, 3.63) is 0 Å². The highest BCUT2D eigenvalue weighted by molar-refractivity contribution is 5.94. The van der Waals surface area contributed by atoms with Crippen molar-refractivity contribution in [3.63, 3.8) is 0 Å². The predicted molar refractivity (Wildman–Crippen MR) is 66.0 cm³/mol. The van der Waals surface area contributed by atoms with Gasteiger partial charge in [0.1, 0.15) is 6.04 Å². The van der Waals surface area contributed by atoms with Crippen molar-refractivity contribution < 1.29 is 19.1 Å². The van der Waals surface area contributed by atoms with Gasteiger partial charge in [-0.15, -0.1) is 0 Å². The second-order valence-electron chi connectivity index (χ2n) is 4.60. The van der Waals surface area contributed by atoms with Crippen LogP contribution in [0.1, 0.15) is 13.8 Å². The van der Waals surface area contributed by atoms with Crippen LogP contribution in [0.15, 0.2) is 0 Å². The van der Waals surface area contributed by atoms with Crippen molar-refractivity contribution in [1.82, 2.24) is 10.2 Å². The summed E-state index contributed by atoms with van der Waals surface area (Å²) in [4.78, 5) is 25.2. The Morgan fingerprint density at radius 1 is 1.33 bits per heavy atom. The van der Waals surface area contributed by atoms with Gasteiger partial charge < -0.3 is 19.7 Å². The molecule has 2 amide bonds. The summed E-state index contributed by atoms with van der Waals surface area (Å²) >= 11 is 0. The van der Waals surface area contributed by atoms with Crippen molar-refractivity contribution in [2.45, 2.75) is 19.9 Å². The lowest BCUT2D eigenvalue weighted by Gasteiger charge is -2.37. The topological polar surface area (TPSA) is 67.9 Å². The fourth-order valence-corrected chi connectivity index (χ4v) is 2.00. The molecular weight excluding hydrogens is 236 g/mol. The van der Waals surface area contributed by atoms with Crippen molar-refractivity contribution in [1.29, 1.82) is 0 Å². The van der Waals surface area contributed by atoms with Crippen LogP contribution in [-0.4, -0.2) is 62.8 Å². The monoisotopic (exact) mass is 258 g/mol. The lowest BCUT2D eigenvalue weighted by atomic mass is 9.99. The molecule has 0 aromatic carbocycles. The van der Waals surface area contributed by atoms with Gasteiger partial charge in [0, 0.05) is 13.7 Å². The van der Waals surface area contributed by atoms with E-state index in [4.69, 9.17) is 9.47 Å². The maximum absolute atomic E-state index is 11.8. The van der Waals surface area contributed by atoms with Crippen LogP contribution in [0.5, 0.6) is 0 Å². The van der Waals surface area contributed by atoms with Crippen LogP contribution in [0.25, 0.3) is 0 Å². The molecule has 6 heteroatoms. The molecule has 1 N–H and O–H groups in total. The third-order valence-corrected chi connectivity index (χ3v) is 2.88. The number of methoxy groups -OCH3 is 1. The number of carbonyl (C=O) groups excluding carboxylic acids is 2. The first-order valence-electron chi connectivity index (χ1n) is 6.21. The molecule has 6 nitrogen and oxygen atoms in total. The molecule has 0 aromatic heterocycles. The normalized spacial score (nSPS) is 20.4. The molecule has 0 saturated carbocycles. The molecule has 1 fully saturated rings. The molecule has 1 saturated heterocycles. The molecule has 1 aliphatic heterocycles. The maximum atomic E-state index is 11.8. The van der Waals surface area contributed by atoms with Crippen LogP contribution in [0.3, 0.4) is 0 Å². The number of carbonyl (C=O) groups is 2. The van der Waals surface area contributed by atoms with Crippen molar-refractivity contribution in [2.75, 3.05) is 40.0 Å². The first-order valence-corrected chi connectivity index (χ1v) is 6.21. The molecule has 0 aliphatic carbocycles. The molecule has 1 aliphatic rings. The van der Waals surface area contributed by atoms with E-state index >= 15 is 0 Å². The van der Waals surface area contributed by atoms with E-state index in [0.717, 1.165) is 0 Å². The number of hydrogen-bond acceptors (Lipinski definition) is 4. The van der Waals surface area contributed by atoms with E-state index in [1.807, 2.05) is 13.8 Å². The standard InChI is InChI=1S/C12H22N2O4/c1-9(2)11-12(16)13-8-10(15)14(11)4-5-18-7-6-17-3/h9,11H,4-8H2,1-3H3,(H,13,16). The second kappa shape index (κ2) is 7.33. The van der Waals surface area contributed by atoms with Gasteiger partial charge in [-0.05, 0) is 5.92 Å². The maximum Gasteiger partial charge on any atom is 0.243 e. The second-order valence-corrected chi connectivity index (χ2v) is 4.60. The average Bonchev–Trinajstić information content (AvgIpc) is 2.32. The third kappa shape index (κ3) is 3.96. The third-order valence-electron chi connectivity index (χ3n) is 2.88. The molecule has 1 heterocycles. The summed E-state index contributed by atoms with van der Waals surface area (Å²) in [6.45, 7) is 5.84. The minimum atomic E-state index is -0.391. The highest BCUT2D eigenvalue weighted by Crippen LogP contribution is 2.14. The Bertz CT molecular complexity index is 294. The summed E-state index contributed by atoms with van der Waals surface area (Å²) in [5, 5.41) is 2.61. The van der Waals surface area contributed by atoms with Gasteiger partial charge in [0.2, 0.25) is 11.8 Å². The molecule has 104 valence electrons. The number of rotatable bonds is 7.